The summed E-state index contributed by atoms with van der Waals surface area (Å²) in [4.78, 5) is 22.7. The van der Waals surface area contributed by atoms with E-state index in [-0.39, 0.29) is 18.2 Å². The van der Waals surface area contributed by atoms with Gasteiger partial charge in [0.1, 0.15) is 11.5 Å². The summed E-state index contributed by atoms with van der Waals surface area (Å²) >= 11 is 0. The molecule has 2 amide bonds. The number of carbonyl (C=O) groups excluding carboxylic acids is 2. The molecule has 0 bridgehead atoms. The van der Waals surface area contributed by atoms with Gasteiger partial charge in [-0.25, -0.2) is 0 Å². The first-order chi connectivity index (χ1) is 10.1. The Morgan fingerprint density at radius 1 is 1.00 bits per heavy atom. The van der Waals surface area contributed by atoms with Crippen molar-refractivity contribution >= 4 is 11.8 Å². The molecule has 2 N–H and O–H groups in total. The number of hydrogen-bond donors (Lipinski definition) is 2. The van der Waals surface area contributed by atoms with E-state index in [0.717, 1.165) is 5.56 Å². The zero-order chi connectivity index (χ0) is 15.7. The highest BCUT2D eigenvalue weighted by Gasteiger charge is 2.06. The third kappa shape index (κ3) is 6.16. The minimum absolute atomic E-state index is 0.0827. The number of hydrogen-bond acceptors (Lipinski definition) is 4. The van der Waals surface area contributed by atoms with Crippen LogP contribution in [0.3, 0.4) is 0 Å². The highest BCUT2D eigenvalue weighted by Crippen LogP contribution is 2.23. The summed E-state index contributed by atoms with van der Waals surface area (Å²) in [6.07, 6.45) is 1.22. The summed E-state index contributed by atoms with van der Waals surface area (Å²) in [7, 11) is 4.74. The third-order valence-corrected chi connectivity index (χ3v) is 3.01. The second-order valence-electron chi connectivity index (χ2n) is 4.49. The molecule has 0 aliphatic carbocycles. The lowest BCUT2D eigenvalue weighted by Gasteiger charge is -2.09. The molecule has 0 atom stereocenters. The summed E-state index contributed by atoms with van der Waals surface area (Å²) < 4.78 is 10.4. The van der Waals surface area contributed by atoms with E-state index in [4.69, 9.17) is 9.47 Å². The zero-order valence-electron chi connectivity index (χ0n) is 12.7. The van der Waals surface area contributed by atoms with Gasteiger partial charge < -0.3 is 20.1 Å². The molecule has 1 rings (SSSR count). The smallest absolute Gasteiger partial charge is 0.221 e. The Balaban J connectivity index is 2.43. The van der Waals surface area contributed by atoms with E-state index in [1.807, 2.05) is 12.1 Å². The van der Waals surface area contributed by atoms with E-state index < -0.39 is 0 Å². The average molecular weight is 294 g/mol. The van der Waals surface area contributed by atoms with Gasteiger partial charge in [-0.2, -0.15) is 0 Å². The topological polar surface area (TPSA) is 76.7 Å². The molecule has 6 nitrogen and oxygen atoms in total. The molecule has 0 unspecified atom stereocenters. The van der Waals surface area contributed by atoms with Crippen molar-refractivity contribution < 1.29 is 19.1 Å². The van der Waals surface area contributed by atoms with Crippen molar-refractivity contribution in [2.45, 2.75) is 19.3 Å². The first-order valence-corrected chi connectivity index (χ1v) is 6.78. The summed E-state index contributed by atoms with van der Waals surface area (Å²) in [6, 6.07) is 5.54. The SMILES string of the molecule is CNC(=O)CCNC(=O)CCc1cc(OC)cc(OC)c1. The van der Waals surface area contributed by atoms with Crippen molar-refractivity contribution in [2.75, 3.05) is 27.8 Å². The van der Waals surface area contributed by atoms with Crippen molar-refractivity contribution in [2.24, 2.45) is 0 Å². The molecular weight excluding hydrogens is 272 g/mol. The van der Waals surface area contributed by atoms with Crippen molar-refractivity contribution in [3.05, 3.63) is 23.8 Å². The van der Waals surface area contributed by atoms with Gasteiger partial charge in [-0.1, -0.05) is 0 Å². The van der Waals surface area contributed by atoms with Gasteiger partial charge >= 0.3 is 0 Å². The minimum Gasteiger partial charge on any atom is -0.497 e. The molecule has 0 heterocycles. The van der Waals surface area contributed by atoms with E-state index in [1.165, 1.54) is 0 Å². The standard InChI is InChI=1S/C15H22N2O4/c1-16-14(18)6-7-17-15(19)5-4-11-8-12(20-2)10-13(9-11)21-3/h8-10H,4-7H2,1-3H3,(H,16,18)(H,17,19). The summed E-state index contributed by atoms with van der Waals surface area (Å²) in [5.74, 6) is 1.22. The Kier molecular flexibility index (Phi) is 7.08. The molecule has 0 aliphatic rings. The van der Waals surface area contributed by atoms with Crippen molar-refractivity contribution in [3.63, 3.8) is 0 Å². The van der Waals surface area contributed by atoms with Gasteiger partial charge in [0, 0.05) is 32.5 Å². The summed E-state index contributed by atoms with van der Waals surface area (Å²) in [6.45, 7) is 0.347. The van der Waals surface area contributed by atoms with Crippen LogP contribution < -0.4 is 20.1 Å². The van der Waals surface area contributed by atoms with Gasteiger partial charge in [0.2, 0.25) is 11.8 Å². The van der Waals surface area contributed by atoms with E-state index in [0.29, 0.717) is 30.9 Å². The van der Waals surface area contributed by atoms with Gasteiger partial charge in [-0.3, -0.25) is 9.59 Å². The third-order valence-electron chi connectivity index (χ3n) is 3.01. The van der Waals surface area contributed by atoms with Crippen LogP contribution in [0.1, 0.15) is 18.4 Å². The van der Waals surface area contributed by atoms with Crippen LogP contribution >= 0.6 is 0 Å². The number of methoxy groups -OCH3 is 2. The highest BCUT2D eigenvalue weighted by atomic mass is 16.5. The van der Waals surface area contributed by atoms with Crippen LogP contribution in [0.2, 0.25) is 0 Å². The zero-order valence-corrected chi connectivity index (χ0v) is 12.7. The summed E-state index contributed by atoms with van der Waals surface area (Å²) in [5, 5.41) is 5.22. The molecular formula is C15H22N2O4. The van der Waals surface area contributed by atoms with Gasteiger partial charge in [-0.05, 0) is 24.1 Å². The predicted molar refractivity (Wildman–Crippen MR) is 79.6 cm³/mol. The van der Waals surface area contributed by atoms with Crippen molar-refractivity contribution in [1.29, 1.82) is 0 Å². The van der Waals surface area contributed by atoms with Gasteiger partial charge in [-0.15, -0.1) is 0 Å². The van der Waals surface area contributed by atoms with E-state index in [9.17, 15) is 9.59 Å². The van der Waals surface area contributed by atoms with Crippen LogP contribution in [0.25, 0.3) is 0 Å². The van der Waals surface area contributed by atoms with Gasteiger partial charge in [0.25, 0.3) is 0 Å². The Hall–Kier alpha value is -2.24. The number of amides is 2. The fraction of sp³-hybridized carbons (Fsp3) is 0.467. The number of aryl methyl sites for hydroxylation is 1. The number of benzene rings is 1. The first kappa shape index (κ1) is 16.8. The Labute approximate surface area is 124 Å². The van der Waals surface area contributed by atoms with Crippen molar-refractivity contribution in [3.8, 4) is 11.5 Å². The van der Waals surface area contributed by atoms with E-state index in [1.54, 1.807) is 27.3 Å². The molecule has 6 heteroatoms. The molecule has 0 radical (unpaired) electrons. The number of nitrogens with one attached hydrogen (secondary N) is 2. The monoisotopic (exact) mass is 294 g/mol. The predicted octanol–water partition coefficient (Wildman–Crippen LogP) is 0.889. The number of rotatable bonds is 8. The van der Waals surface area contributed by atoms with E-state index in [2.05, 4.69) is 10.6 Å². The molecule has 0 aromatic heterocycles. The molecule has 0 saturated carbocycles. The van der Waals surface area contributed by atoms with Crippen molar-refractivity contribution in [1.82, 2.24) is 10.6 Å². The molecule has 0 aliphatic heterocycles. The quantitative estimate of drug-likeness (QED) is 0.746. The lowest BCUT2D eigenvalue weighted by Crippen LogP contribution is -2.29. The summed E-state index contributed by atoms with van der Waals surface area (Å²) in [5.41, 5.74) is 0.965. The van der Waals surface area contributed by atoms with Crippen LogP contribution in [0.5, 0.6) is 11.5 Å². The minimum atomic E-state index is -0.0900. The van der Waals surface area contributed by atoms with Gasteiger partial charge in [0.15, 0.2) is 0 Å². The molecule has 1 aromatic rings. The molecule has 21 heavy (non-hydrogen) atoms. The van der Waals surface area contributed by atoms with Crippen LogP contribution in [-0.4, -0.2) is 39.6 Å². The van der Waals surface area contributed by atoms with Crippen LogP contribution in [0.15, 0.2) is 18.2 Å². The molecule has 116 valence electrons. The molecule has 1 aromatic carbocycles. The maximum Gasteiger partial charge on any atom is 0.221 e. The number of ether oxygens (including phenoxy) is 2. The Bertz CT molecular complexity index is 466. The maximum atomic E-state index is 11.7. The highest BCUT2D eigenvalue weighted by molar-refractivity contribution is 5.78. The lowest BCUT2D eigenvalue weighted by molar-refractivity contribution is -0.122. The fourth-order valence-electron chi connectivity index (χ4n) is 1.80. The lowest BCUT2D eigenvalue weighted by atomic mass is 10.1. The van der Waals surface area contributed by atoms with Crippen LogP contribution in [-0.2, 0) is 16.0 Å². The second kappa shape index (κ2) is 8.84. The van der Waals surface area contributed by atoms with Gasteiger partial charge in [0.05, 0.1) is 14.2 Å². The first-order valence-electron chi connectivity index (χ1n) is 6.78. The average Bonchev–Trinajstić information content (AvgIpc) is 2.52. The van der Waals surface area contributed by atoms with E-state index >= 15 is 0 Å². The molecule has 0 saturated heterocycles. The van der Waals surface area contributed by atoms with Crippen LogP contribution in [0, 0.1) is 0 Å². The molecule has 0 fully saturated rings. The normalized spacial score (nSPS) is 9.86. The number of carbonyl (C=O) groups is 2. The fourth-order valence-corrected chi connectivity index (χ4v) is 1.80. The Morgan fingerprint density at radius 2 is 1.62 bits per heavy atom. The second-order valence-corrected chi connectivity index (χ2v) is 4.49. The largest absolute Gasteiger partial charge is 0.497 e. The molecule has 0 spiro atoms. The Morgan fingerprint density at radius 3 is 2.14 bits per heavy atom. The maximum absolute atomic E-state index is 11.7. The van der Waals surface area contributed by atoms with Crippen LogP contribution in [0.4, 0.5) is 0 Å².